The molecule has 1 aromatic heterocycles. The van der Waals surface area contributed by atoms with E-state index in [1.807, 2.05) is 24.3 Å². The molecule has 0 unspecified atom stereocenters. The van der Waals surface area contributed by atoms with Gasteiger partial charge in [0, 0.05) is 31.9 Å². The van der Waals surface area contributed by atoms with E-state index in [9.17, 15) is 4.39 Å². The third kappa shape index (κ3) is 4.45. The van der Waals surface area contributed by atoms with Crippen molar-refractivity contribution in [1.29, 1.82) is 0 Å². The highest BCUT2D eigenvalue weighted by atomic mass is 19.1. The number of piperazine rings is 1. The molecule has 1 N–H and O–H groups in total. The van der Waals surface area contributed by atoms with Gasteiger partial charge in [-0.2, -0.15) is 10.1 Å². The molecule has 0 amide bonds. The van der Waals surface area contributed by atoms with Crippen LogP contribution in [0.2, 0.25) is 0 Å². The molecule has 0 radical (unpaired) electrons. The van der Waals surface area contributed by atoms with Crippen molar-refractivity contribution in [1.82, 2.24) is 15.2 Å². The molecule has 0 bridgehead atoms. The predicted octanol–water partition coefficient (Wildman–Crippen LogP) is 4.20. The summed E-state index contributed by atoms with van der Waals surface area (Å²) in [6.45, 7) is 7.29. The average Bonchev–Trinajstić information content (AvgIpc) is 2.75. The standard InChI is InChI=1S/C22H25FN6/c1-16(2)17-7-9-18(10-8-17)25-22-26-21(15-24-27-22)29-13-11-28(12-14-29)20-6-4-3-5-19(20)23/h3-10,15-16H,11-14H2,1-2H3,(H,25,26,27). The molecule has 1 aliphatic rings. The zero-order chi connectivity index (χ0) is 20.2. The van der Waals surface area contributed by atoms with Crippen LogP contribution in [0, 0.1) is 5.82 Å². The molecule has 0 spiro atoms. The van der Waals surface area contributed by atoms with E-state index >= 15 is 0 Å². The summed E-state index contributed by atoms with van der Waals surface area (Å²) in [5, 5.41) is 11.4. The van der Waals surface area contributed by atoms with Gasteiger partial charge in [0.25, 0.3) is 0 Å². The Balaban J connectivity index is 1.41. The number of rotatable bonds is 5. The fourth-order valence-electron chi connectivity index (χ4n) is 3.47. The normalized spacial score (nSPS) is 14.3. The molecule has 29 heavy (non-hydrogen) atoms. The molecular formula is C22H25FN6. The number of aromatic nitrogens is 3. The van der Waals surface area contributed by atoms with Gasteiger partial charge < -0.3 is 15.1 Å². The highest BCUT2D eigenvalue weighted by Crippen LogP contribution is 2.23. The second kappa shape index (κ2) is 8.43. The molecule has 1 saturated heterocycles. The van der Waals surface area contributed by atoms with Crippen LogP contribution < -0.4 is 15.1 Å². The van der Waals surface area contributed by atoms with E-state index in [-0.39, 0.29) is 5.82 Å². The van der Waals surface area contributed by atoms with Gasteiger partial charge in [0.2, 0.25) is 5.95 Å². The van der Waals surface area contributed by atoms with Crippen LogP contribution in [-0.4, -0.2) is 41.4 Å². The summed E-state index contributed by atoms with van der Waals surface area (Å²) in [4.78, 5) is 8.83. The van der Waals surface area contributed by atoms with Crippen LogP contribution in [0.4, 0.5) is 27.5 Å². The second-order valence-electron chi connectivity index (χ2n) is 7.47. The van der Waals surface area contributed by atoms with Crippen molar-refractivity contribution in [3.05, 3.63) is 66.1 Å². The van der Waals surface area contributed by atoms with Crippen LogP contribution >= 0.6 is 0 Å². The Bertz CT molecular complexity index is 952. The van der Waals surface area contributed by atoms with E-state index in [1.54, 1.807) is 12.3 Å². The number of halogens is 1. The number of benzene rings is 2. The van der Waals surface area contributed by atoms with Gasteiger partial charge in [0.1, 0.15) is 5.82 Å². The maximum atomic E-state index is 14.0. The Morgan fingerprint density at radius 2 is 1.62 bits per heavy atom. The van der Waals surface area contributed by atoms with Crippen LogP contribution in [-0.2, 0) is 0 Å². The summed E-state index contributed by atoms with van der Waals surface area (Å²) in [5.74, 6) is 1.55. The maximum Gasteiger partial charge on any atom is 0.249 e. The Morgan fingerprint density at radius 3 is 2.31 bits per heavy atom. The lowest BCUT2D eigenvalue weighted by Crippen LogP contribution is -2.47. The smallest absolute Gasteiger partial charge is 0.249 e. The van der Waals surface area contributed by atoms with Crippen LogP contribution in [0.1, 0.15) is 25.3 Å². The van der Waals surface area contributed by atoms with E-state index in [4.69, 9.17) is 0 Å². The summed E-state index contributed by atoms with van der Waals surface area (Å²) in [7, 11) is 0. The van der Waals surface area contributed by atoms with Crippen molar-refractivity contribution in [2.75, 3.05) is 41.3 Å². The first-order valence-electron chi connectivity index (χ1n) is 9.91. The third-order valence-corrected chi connectivity index (χ3v) is 5.18. The van der Waals surface area contributed by atoms with E-state index in [0.717, 1.165) is 37.7 Å². The Labute approximate surface area is 170 Å². The van der Waals surface area contributed by atoms with E-state index in [0.29, 0.717) is 17.6 Å². The molecule has 1 fully saturated rings. The van der Waals surface area contributed by atoms with E-state index in [2.05, 4.69) is 56.3 Å². The van der Waals surface area contributed by atoms with Crippen LogP contribution in [0.3, 0.4) is 0 Å². The molecule has 6 nitrogen and oxygen atoms in total. The average molecular weight is 392 g/mol. The number of anilines is 4. The van der Waals surface area contributed by atoms with Crippen molar-refractivity contribution < 1.29 is 4.39 Å². The molecule has 0 saturated carbocycles. The zero-order valence-corrected chi connectivity index (χ0v) is 16.7. The van der Waals surface area contributed by atoms with Gasteiger partial charge >= 0.3 is 0 Å². The number of hydrogen-bond acceptors (Lipinski definition) is 6. The van der Waals surface area contributed by atoms with Crippen molar-refractivity contribution in [3.63, 3.8) is 0 Å². The number of hydrogen-bond donors (Lipinski definition) is 1. The third-order valence-electron chi connectivity index (χ3n) is 5.18. The van der Waals surface area contributed by atoms with Gasteiger partial charge in [-0.05, 0) is 35.7 Å². The van der Waals surface area contributed by atoms with Crippen LogP contribution in [0.15, 0.2) is 54.7 Å². The number of nitrogens with one attached hydrogen (secondary N) is 1. The SMILES string of the molecule is CC(C)c1ccc(Nc2nncc(N3CCN(c4ccccc4F)CC3)n2)cc1. The monoisotopic (exact) mass is 392 g/mol. The minimum Gasteiger partial charge on any atom is -0.366 e. The summed E-state index contributed by atoms with van der Waals surface area (Å²) in [6, 6.07) is 15.2. The minimum absolute atomic E-state index is 0.181. The first kappa shape index (κ1) is 19.1. The molecule has 1 aliphatic heterocycles. The molecule has 150 valence electrons. The maximum absolute atomic E-state index is 14.0. The molecule has 3 aromatic rings. The molecular weight excluding hydrogens is 367 g/mol. The summed E-state index contributed by atoms with van der Waals surface area (Å²) in [6.07, 6.45) is 1.67. The highest BCUT2D eigenvalue weighted by molar-refractivity contribution is 5.55. The van der Waals surface area contributed by atoms with E-state index < -0.39 is 0 Å². The minimum atomic E-state index is -0.181. The lowest BCUT2D eigenvalue weighted by molar-refractivity contribution is 0.595. The fourth-order valence-corrected chi connectivity index (χ4v) is 3.47. The van der Waals surface area contributed by atoms with Gasteiger partial charge in [-0.1, -0.05) is 38.1 Å². The fraction of sp³-hybridized carbons (Fsp3) is 0.318. The number of nitrogens with zero attached hydrogens (tertiary/aromatic N) is 5. The summed E-state index contributed by atoms with van der Waals surface area (Å²) < 4.78 is 14.0. The predicted molar refractivity (Wildman–Crippen MR) is 114 cm³/mol. The molecule has 0 aliphatic carbocycles. The van der Waals surface area contributed by atoms with Gasteiger partial charge in [0.15, 0.2) is 5.82 Å². The lowest BCUT2D eigenvalue weighted by Gasteiger charge is -2.36. The van der Waals surface area contributed by atoms with E-state index in [1.165, 1.54) is 11.6 Å². The largest absolute Gasteiger partial charge is 0.366 e. The summed E-state index contributed by atoms with van der Waals surface area (Å²) >= 11 is 0. The summed E-state index contributed by atoms with van der Waals surface area (Å²) in [5.41, 5.74) is 2.87. The van der Waals surface area contributed by atoms with Crippen LogP contribution in [0.5, 0.6) is 0 Å². The quantitative estimate of drug-likeness (QED) is 0.702. The first-order chi connectivity index (χ1) is 14.1. The highest BCUT2D eigenvalue weighted by Gasteiger charge is 2.20. The van der Waals surface area contributed by atoms with Gasteiger partial charge in [-0.25, -0.2) is 4.39 Å². The molecule has 2 aromatic carbocycles. The molecule has 4 rings (SSSR count). The van der Waals surface area contributed by atoms with Gasteiger partial charge in [-0.15, -0.1) is 5.10 Å². The van der Waals surface area contributed by atoms with Crippen molar-refractivity contribution >= 4 is 23.1 Å². The van der Waals surface area contributed by atoms with Crippen molar-refractivity contribution in [2.24, 2.45) is 0 Å². The zero-order valence-electron chi connectivity index (χ0n) is 16.7. The van der Waals surface area contributed by atoms with Gasteiger partial charge in [-0.3, -0.25) is 0 Å². The van der Waals surface area contributed by atoms with Gasteiger partial charge in [0.05, 0.1) is 11.9 Å². The molecule has 7 heteroatoms. The van der Waals surface area contributed by atoms with Crippen molar-refractivity contribution in [2.45, 2.75) is 19.8 Å². The molecule has 2 heterocycles. The Hall–Kier alpha value is -3.22. The van der Waals surface area contributed by atoms with Crippen molar-refractivity contribution in [3.8, 4) is 0 Å². The Kier molecular flexibility index (Phi) is 5.55. The second-order valence-corrected chi connectivity index (χ2v) is 7.47. The lowest BCUT2D eigenvalue weighted by atomic mass is 10.0. The molecule has 0 atom stereocenters. The first-order valence-corrected chi connectivity index (χ1v) is 9.91. The topological polar surface area (TPSA) is 57.2 Å². The Morgan fingerprint density at radius 1 is 0.931 bits per heavy atom. The number of para-hydroxylation sites is 1. The van der Waals surface area contributed by atoms with Crippen LogP contribution in [0.25, 0.3) is 0 Å².